The quantitative estimate of drug-likeness (QED) is 0.775. The summed E-state index contributed by atoms with van der Waals surface area (Å²) in [6.07, 6.45) is 4.48. The van der Waals surface area contributed by atoms with Gasteiger partial charge in [-0.1, -0.05) is 30.3 Å². The average Bonchev–Trinajstić information content (AvgIpc) is 2.99. The van der Waals surface area contributed by atoms with Crippen LogP contribution in [0.1, 0.15) is 17.7 Å². The summed E-state index contributed by atoms with van der Waals surface area (Å²) < 4.78 is 25.9. The smallest absolute Gasteiger partial charge is 0.234 e. The van der Waals surface area contributed by atoms with Crippen molar-refractivity contribution in [1.29, 1.82) is 0 Å². The van der Waals surface area contributed by atoms with Gasteiger partial charge in [0.2, 0.25) is 20.9 Å². The maximum absolute atomic E-state index is 12.1. The van der Waals surface area contributed by atoms with Crippen LogP contribution in [-0.4, -0.2) is 54.7 Å². The molecule has 2 aromatic rings. The van der Waals surface area contributed by atoms with Crippen molar-refractivity contribution in [2.24, 2.45) is 0 Å². The average molecular weight is 376 g/mol. The van der Waals surface area contributed by atoms with Crippen molar-refractivity contribution >= 4 is 15.7 Å². The molecule has 0 bridgehead atoms. The van der Waals surface area contributed by atoms with Crippen molar-refractivity contribution in [2.75, 3.05) is 25.9 Å². The lowest BCUT2D eigenvalue weighted by atomic mass is 10.1. The summed E-state index contributed by atoms with van der Waals surface area (Å²) in [7, 11) is -3.41. The van der Waals surface area contributed by atoms with Gasteiger partial charge >= 0.3 is 0 Å². The number of hydrogen-bond acceptors (Lipinski definition) is 5. The molecule has 1 N–H and O–H groups in total. The Kier molecular flexibility index (Phi) is 5.73. The van der Waals surface area contributed by atoms with Gasteiger partial charge in [0, 0.05) is 32.4 Å². The number of amides is 1. The van der Waals surface area contributed by atoms with Gasteiger partial charge in [-0.15, -0.1) is 0 Å². The van der Waals surface area contributed by atoms with E-state index in [1.165, 1.54) is 11.8 Å². The molecule has 0 unspecified atom stereocenters. The fraction of sp³-hybridized carbons (Fsp3) is 0.444. The molecule has 0 radical (unpaired) electrons. The Balaban J connectivity index is 1.74. The summed E-state index contributed by atoms with van der Waals surface area (Å²) in [5.74, 6) is -0.00488. The van der Waals surface area contributed by atoms with Crippen molar-refractivity contribution in [3.05, 3.63) is 47.8 Å². The first-order valence-corrected chi connectivity index (χ1v) is 10.6. The van der Waals surface area contributed by atoms with Crippen LogP contribution in [0.3, 0.4) is 0 Å². The third-order valence-electron chi connectivity index (χ3n) is 4.43. The lowest BCUT2D eigenvalue weighted by Gasteiger charge is -2.26. The van der Waals surface area contributed by atoms with E-state index in [1.807, 2.05) is 23.1 Å². The molecule has 2 heterocycles. The van der Waals surface area contributed by atoms with Crippen LogP contribution in [0, 0.1) is 0 Å². The Bertz CT molecular complexity index is 862. The number of hydrogen-bond donors (Lipinski definition) is 1. The van der Waals surface area contributed by atoms with Crippen LogP contribution < -0.4 is 5.32 Å². The zero-order chi connectivity index (χ0) is 18.6. The van der Waals surface area contributed by atoms with Crippen LogP contribution in [0.5, 0.6) is 0 Å². The molecule has 7 nitrogen and oxygen atoms in total. The molecule has 1 aromatic carbocycles. The number of nitrogens with zero attached hydrogens (tertiary/aromatic N) is 3. The summed E-state index contributed by atoms with van der Waals surface area (Å²) in [6.45, 7) is 2.77. The van der Waals surface area contributed by atoms with Crippen LogP contribution in [0.25, 0.3) is 0 Å². The predicted octanol–water partition coefficient (Wildman–Crippen LogP) is 0.851. The van der Waals surface area contributed by atoms with Gasteiger partial charge < -0.3 is 9.88 Å². The second kappa shape index (κ2) is 8.01. The Labute approximate surface area is 154 Å². The first-order chi connectivity index (χ1) is 12.4. The Hall–Kier alpha value is -2.19. The molecular weight excluding hydrogens is 352 g/mol. The third-order valence-corrected chi connectivity index (χ3v) is 5.42. The Morgan fingerprint density at radius 1 is 1.23 bits per heavy atom. The molecule has 1 aliphatic rings. The second-order valence-corrected chi connectivity index (χ2v) is 8.52. The molecule has 26 heavy (non-hydrogen) atoms. The zero-order valence-electron chi connectivity index (χ0n) is 14.9. The molecule has 140 valence electrons. The van der Waals surface area contributed by atoms with E-state index in [0.717, 1.165) is 25.1 Å². The summed E-state index contributed by atoms with van der Waals surface area (Å²) in [5, 5.41) is 2.89. The molecule has 1 aliphatic heterocycles. The number of carbonyl (C=O) groups is 1. The molecule has 1 fully saturated rings. The van der Waals surface area contributed by atoms with Crippen LogP contribution >= 0.6 is 0 Å². The van der Waals surface area contributed by atoms with Gasteiger partial charge in [-0.2, -0.15) is 0 Å². The van der Waals surface area contributed by atoms with Crippen molar-refractivity contribution in [3.8, 4) is 0 Å². The molecular formula is C18H24N4O3S. The van der Waals surface area contributed by atoms with E-state index in [4.69, 9.17) is 0 Å². The fourth-order valence-corrected chi connectivity index (χ4v) is 4.05. The van der Waals surface area contributed by atoms with Gasteiger partial charge in [-0.25, -0.2) is 13.4 Å². The van der Waals surface area contributed by atoms with Gasteiger partial charge in [0.05, 0.1) is 18.4 Å². The van der Waals surface area contributed by atoms with E-state index < -0.39 is 9.84 Å². The second-order valence-electron chi connectivity index (χ2n) is 6.61. The van der Waals surface area contributed by atoms with Gasteiger partial charge in [-0.3, -0.25) is 9.69 Å². The minimum absolute atomic E-state index is 0.00488. The number of piperazine rings is 1. The number of nitrogens with one attached hydrogen (secondary N) is 1. The standard InChI is InChI=1S/C18H24N4O3S/c1-26(24,25)18-20-12-16(13-21-11-9-19-17(23)14-21)22(18)10-5-8-15-6-3-2-4-7-15/h2-4,6-7,12H,5,8-11,13-14H2,1H3,(H,19,23). The molecule has 0 saturated carbocycles. The molecule has 0 atom stereocenters. The van der Waals surface area contributed by atoms with E-state index in [-0.39, 0.29) is 11.1 Å². The van der Waals surface area contributed by atoms with Crippen LogP contribution in [0.2, 0.25) is 0 Å². The first-order valence-electron chi connectivity index (χ1n) is 8.71. The van der Waals surface area contributed by atoms with Crippen LogP contribution in [-0.2, 0) is 34.1 Å². The minimum atomic E-state index is -3.41. The van der Waals surface area contributed by atoms with Crippen molar-refractivity contribution in [3.63, 3.8) is 0 Å². The lowest BCUT2D eigenvalue weighted by Crippen LogP contribution is -2.47. The number of aromatic nitrogens is 2. The number of aryl methyl sites for hydroxylation is 1. The SMILES string of the molecule is CS(=O)(=O)c1ncc(CN2CCNC(=O)C2)n1CCCc1ccccc1. The highest BCUT2D eigenvalue weighted by Gasteiger charge is 2.22. The Morgan fingerprint density at radius 3 is 2.69 bits per heavy atom. The lowest BCUT2D eigenvalue weighted by molar-refractivity contribution is -0.124. The molecule has 0 spiro atoms. The monoisotopic (exact) mass is 376 g/mol. The zero-order valence-corrected chi connectivity index (χ0v) is 15.7. The van der Waals surface area contributed by atoms with E-state index >= 15 is 0 Å². The number of sulfone groups is 1. The first kappa shape index (κ1) is 18.6. The molecule has 8 heteroatoms. The minimum Gasteiger partial charge on any atom is -0.354 e. The van der Waals surface area contributed by atoms with E-state index in [1.54, 1.807) is 10.8 Å². The van der Waals surface area contributed by atoms with Gasteiger partial charge in [0.1, 0.15) is 0 Å². The summed E-state index contributed by atoms with van der Waals surface area (Å²) >= 11 is 0. The van der Waals surface area contributed by atoms with Crippen molar-refractivity contribution < 1.29 is 13.2 Å². The molecule has 0 aliphatic carbocycles. The maximum atomic E-state index is 12.1. The molecule has 1 saturated heterocycles. The maximum Gasteiger partial charge on any atom is 0.234 e. The highest BCUT2D eigenvalue weighted by Crippen LogP contribution is 2.16. The van der Waals surface area contributed by atoms with Gasteiger partial charge in [-0.05, 0) is 18.4 Å². The number of carbonyl (C=O) groups excluding carboxylic acids is 1. The van der Waals surface area contributed by atoms with Crippen molar-refractivity contribution in [2.45, 2.75) is 31.1 Å². The van der Waals surface area contributed by atoms with Crippen LogP contribution in [0.15, 0.2) is 41.7 Å². The van der Waals surface area contributed by atoms with E-state index in [0.29, 0.717) is 26.2 Å². The normalized spacial score (nSPS) is 15.8. The topological polar surface area (TPSA) is 84.3 Å². The largest absolute Gasteiger partial charge is 0.354 e. The molecule has 1 aromatic heterocycles. The van der Waals surface area contributed by atoms with Crippen LogP contribution in [0.4, 0.5) is 0 Å². The summed E-state index contributed by atoms with van der Waals surface area (Å²) in [4.78, 5) is 17.7. The fourth-order valence-electron chi connectivity index (χ4n) is 3.19. The number of rotatable bonds is 7. The van der Waals surface area contributed by atoms with E-state index in [2.05, 4.69) is 22.4 Å². The van der Waals surface area contributed by atoms with Crippen molar-refractivity contribution in [1.82, 2.24) is 19.8 Å². The van der Waals surface area contributed by atoms with Gasteiger partial charge in [0.15, 0.2) is 0 Å². The van der Waals surface area contributed by atoms with E-state index in [9.17, 15) is 13.2 Å². The summed E-state index contributed by atoms with van der Waals surface area (Å²) in [6, 6.07) is 10.1. The predicted molar refractivity (Wildman–Crippen MR) is 98.4 cm³/mol. The highest BCUT2D eigenvalue weighted by atomic mass is 32.2. The number of benzene rings is 1. The summed E-state index contributed by atoms with van der Waals surface area (Å²) in [5.41, 5.74) is 2.05. The Morgan fingerprint density at radius 2 is 2.00 bits per heavy atom. The molecule has 3 rings (SSSR count). The number of imidazole rings is 1. The highest BCUT2D eigenvalue weighted by molar-refractivity contribution is 7.90. The van der Waals surface area contributed by atoms with Gasteiger partial charge in [0.25, 0.3) is 0 Å². The molecule has 1 amide bonds. The third kappa shape index (κ3) is 4.70.